The molecule has 0 saturated heterocycles. The molecule has 2 amide bonds. The van der Waals surface area contributed by atoms with Gasteiger partial charge in [-0.3, -0.25) is 14.5 Å². The van der Waals surface area contributed by atoms with Gasteiger partial charge in [0.2, 0.25) is 0 Å². The van der Waals surface area contributed by atoms with Crippen LogP contribution in [0.4, 0.5) is 0 Å². The molecule has 0 unspecified atom stereocenters. The lowest BCUT2D eigenvalue weighted by Gasteiger charge is -2.16. The van der Waals surface area contributed by atoms with Crippen molar-refractivity contribution in [1.82, 2.24) is 10.6 Å². The van der Waals surface area contributed by atoms with Crippen LogP contribution in [0.15, 0.2) is 36.4 Å². The summed E-state index contributed by atoms with van der Waals surface area (Å²) in [5.41, 5.74) is 0.341. The number of amides is 2. The molecule has 0 aliphatic carbocycles. The molecule has 2 aromatic rings. The molecule has 0 heterocycles. The van der Waals surface area contributed by atoms with Crippen molar-refractivity contribution >= 4 is 52.7 Å². The van der Waals surface area contributed by atoms with Gasteiger partial charge in [-0.2, -0.15) is 17.0 Å². The van der Waals surface area contributed by atoms with Crippen molar-refractivity contribution < 1.29 is 39.1 Å². The summed E-state index contributed by atoms with van der Waals surface area (Å²) < 4.78 is 10.5. The number of thioether (sulfide) groups is 1. The summed E-state index contributed by atoms with van der Waals surface area (Å²) in [6.45, 7) is 0.351. The highest BCUT2D eigenvalue weighted by molar-refractivity contribution is 7.99. The van der Waals surface area contributed by atoms with E-state index in [1.54, 1.807) is 24.3 Å². The fourth-order valence-electron chi connectivity index (χ4n) is 2.91. The van der Waals surface area contributed by atoms with Gasteiger partial charge in [-0.15, -0.1) is 0 Å². The Hall–Kier alpha value is -3.30. The van der Waals surface area contributed by atoms with Crippen molar-refractivity contribution in [3.63, 3.8) is 0 Å². The van der Waals surface area contributed by atoms with Crippen LogP contribution in [0.1, 0.15) is 27.1 Å². The molecule has 0 bridgehead atoms. The summed E-state index contributed by atoms with van der Waals surface area (Å²) in [6.07, 6.45) is 5.97. The first-order chi connectivity index (χ1) is 17.7. The van der Waals surface area contributed by atoms with Crippen LogP contribution in [-0.2, 0) is 9.68 Å². The molecular weight excluding hydrogens is 547 g/mol. The van der Waals surface area contributed by atoms with Crippen molar-refractivity contribution in [1.29, 1.82) is 0 Å². The normalized spacial score (nSPS) is 10.6. The Morgan fingerprint density at radius 2 is 1.54 bits per heavy atom. The van der Waals surface area contributed by atoms with Crippen molar-refractivity contribution in [2.24, 2.45) is 0 Å². The minimum atomic E-state index is -1.16. The molecule has 1 atom stereocenters. The number of carbonyl (C=O) groups excluding carboxylic acids is 2. The van der Waals surface area contributed by atoms with Crippen molar-refractivity contribution in [3.05, 3.63) is 57.6 Å². The number of carboxylic acids is 1. The SMILES string of the molecule is C#COO.COc1cccc(OC)c1C(=O)NCCSCC[C@H](NC(=O)c1c(Cl)cccc1Cl)C(=O)O. The molecule has 0 fully saturated rings. The van der Waals surface area contributed by atoms with E-state index in [0.717, 1.165) is 0 Å². The van der Waals surface area contributed by atoms with Crippen LogP contribution in [-0.4, -0.2) is 66.5 Å². The van der Waals surface area contributed by atoms with E-state index in [9.17, 15) is 19.5 Å². The zero-order chi connectivity index (χ0) is 27.8. The molecule has 0 aliphatic rings. The molecule has 0 aliphatic heterocycles. The van der Waals surface area contributed by atoms with Gasteiger partial charge in [-0.25, -0.2) is 4.79 Å². The van der Waals surface area contributed by atoms with E-state index < -0.39 is 17.9 Å². The Kier molecular flexibility index (Phi) is 14.8. The van der Waals surface area contributed by atoms with Gasteiger partial charge in [0, 0.05) is 12.3 Å². The number of aliphatic carboxylic acids is 1. The number of methoxy groups -OCH3 is 2. The Morgan fingerprint density at radius 3 is 2.03 bits per heavy atom. The summed E-state index contributed by atoms with van der Waals surface area (Å²) >= 11 is 13.5. The van der Waals surface area contributed by atoms with E-state index in [-0.39, 0.29) is 27.9 Å². The van der Waals surface area contributed by atoms with Crippen LogP contribution in [0.2, 0.25) is 10.0 Å². The van der Waals surface area contributed by atoms with Crippen molar-refractivity contribution in [2.75, 3.05) is 32.3 Å². The quantitative estimate of drug-likeness (QED) is 0.129. The maximum absolute atomic E-state index is 12.5. The first kappa shape index (κ1) is 31.7. The van der Waals surface area contributed by atoms with Crippen LogP contribution in [0, 0.1) is 12.5 Å². The first-order valence-corrected chi connectivity index (χ1v) is 12.4. The third-order valence-electron chi connectivity index (χ3n) is 4.58. The molecule has 10 nitrogen and oxygen atoms in total. The fourth-order valence-corrected chi connectivity index (χ4v) is 4.33. The van der Waals surface area contributed by atoms with E-state index in [2.05, 4.69) is 21.9 Å². The number of halogens is 2. The molecule has 200 valence electrons. The zero-order valence-electron chi connectivity index (χ0n) is 20.0. The second-order valence-electron chi connectivity index (χ2n) is 6.86. The van der Waals surface area contributed by atoms with Crippen LogP contribution < -0.4 is 20.1 Å². The molecular formula is C24H26Cl2N2O8S. The Bertz CT molecular complexity index is 1070. The van der Waals surface area contributed by atoms with Crippen molar-refractivity contribution in [3.8, 4) is 24.0 Å². The molecule has 2 rings (SSSR count). The standard InChI is InChI=1S/C22H24Cl2N2O6S.C2H2O2/c1-31-16-7-4-8-17(32-2)19(16)20(27)25-10-12-33-11-9-15(22(29)30)26-21(28)18-13(23)5-3-6-14(18)24;1-2-4-3/h3-8,15H,9-12H2,1-2H3,(H,25,27)(H,26,28)(H,29,30);1,3H/t15-;/m0./s1. The predicted molar refractivity (Wildman–Crippen MR) is 142 cm³/mol. The van der Waals surface area contributed by atoms with E-state index in [4.69, 9.17) is 37.9 Å². The van der Waals surface area contributed by atoms with Crippen LogP contribution in [0.3, 0.4) is 0 Å². The summed E-state index contributed by atoms with van der Waals surface area (Å²) in [6, 6.07) is 8.55. The minimum absolute atomic E-state index is 0.0363. The van der Waals surface area contributed by atoms with Gasteiger partial charge in [-0.05, 0) is 36.4 Å². The number of ether oxygens (including phenoxy) is 2. The summed E-state index contributed by atoms with van der Waals surface area (Å²) in [5, 5.41) is 22.1. The summed E-state index contributed by atoms with van der Waals surface area (Å²) in [5.74, 6) is -0.362. The Morgan fingerprint density at radius 1 is 1.00 bits per heavy atom. The molecule has 0 aromatic heterocycles. The molecule has 0 saturated carbocycles. The smallest absolute Gasteiger partial charge is 0.326 e. The number of hydrogen-bond donors (Lipinski definition) is 4. The zero-order valence-corrected chi connectivity index (χ0v) is 22.3. The van der Waals surface area contributed by atoms with Gasteiger partial charge in [0.05, 0.1) is 29.8 Å². The molecule has 13 heteroatoms. The first-order valence-electron chi connectivity index (χ1n) is 10.5. The average Bonchev–Trinajstić information content (AvgIpc) is 2.89. The number of benzene rings is 2. The second-order valence-corrected chi connectivity index (χ2v) is 8.90. The van der Waals surface area contributed by atoms with Gasteiger partial charge < -0.3 is 25.2 Å². The predicted octanol–water partition coefficient (Wildman–Crippen LogP) is 3.81. The third-order valence-corrected chi connectivity index (χ3v) is 6.23. The average molecular weight is 573 g/mol. The maximum Gasteiger partial charge on any atom is 0.326 e. The highest BCUT2D eigenvalue weighted by Gasteiger charge is 2.23. The molecule has 0 spiro atoms. The third kappa shape index (κ3) is 10.3. The highest BCUT2D eigenvalue weighted by atomic mass is 35.5. The molecule has 37 heavy (non-hydrogen) atoms. The van der Waals surface area contributed by atoms with Gasteiger partial charge >= 0.3 is 5.97 Å². The number of nitrogens with one attached hydrogen (secondary N) is 2. The molecule has 0 radical (unpaired) electrons. The maximum atomic E-state index is 12.5. The largest absolute Gasteiger partial charge is 0.496 e. The van der Waals surface area contributed by atoms with Gasteiger partial charge in [0.15, 0.2) is 6.11 Å². The monoisotopic (exact) mass is 572 g/mol. The molecule has 4 N–H and O–H groups in total. The lowest BCUT2D eigenvalue weighted by atomic mass is 10.1. The van der Waals surface area contributed by atoms with E-state index in [0.29, 0.717) is 35.1 Å². The Balaban J connectivity index is 0.00000159. The number of carboxylic acid groups (broad SMARTS) is 1. The number of carbonyl (C=O) groups is 3. The van der Waals surface area contributed by atoms with Gasteiger partial charge in [0.25, 0.3) is 11.8 Å². The van der Waals surface area contributed by atoms with Gasteiger partial charge in [0.1, 0.15) is 23.1 Å². The number of hydrogen-bond acceptors (Lipinski definition) is 8. The minimum Gasteiger partial charge on any atom is -0.496 e. The number of rotatable bonds is 12. The van der Waals surface area contributed by atoms with Gasteiger partial charge in [-0.1, -0.05) is 41.8 Å². The summed E-state index contributed by atoms with van der Waals surface area (Å²) in [7, 11) is 2.94. The topological polar surface area (TPSA) is 143 Å². The van der Waals surface area contributed by atoms with Crippen LogP contribution >= 0.6 is 35.0 Å². The summed E-state index contributed by atoms with van der Waals surface area (Å²) in [4.78, 5) is 39.6. The molecule has 2 aromatic carbocycles. The second kappa shape index (κ2) is 17.2. The number of terminal acetylenes is 1. The Labute approximate surface area is 228 Å². The van der Waals surface area contributed by atoms with E-state index in [1.165, 1.54) is 44.2 Å². The van der Waals surface area contributed by atoms with E-state index in [1.807, 2.05) is 0 Å². The van der Waals surface area contributed by atoms with Crippen LogP contribution in [0.25, 0.3) is 0 Å². The highest BCUT2D eigenvalue weighted by Crippen LogP contribution is 2.28. The fraction of sp³-hybridized carbons (Fsp3) is 0.292. The lowest BCUT2D eigenvalue weighted by molar-refractivity contribution is -0.171. The van der Waals surface area contributed by atoms with Crippen molar-refractivity contribution in [2.45, 2.75) is 12.5 Å². The van der Waals surface area contributed by atoms with Crippen LogP contribution in [0.5, 0.6) is 11.5 Å². The lowest BCUT2D eigenvalue weighted by Crippen LogP contribution is -2.41. The van der Waals surface area contributed by atoms with E-state index >= 15 is 0 Å².